The van der Waals surface area contributed by atoms with Gasteiger partial charge >= 0.3 is 0 Å². The highest BCUT2D eigenvalue weighted by atomic mass is 79.9. The first-order valence-corrected chi connectivity index (χ1v) is 9.32. The lowest BCUT2D eigenvalue weighted by atomic mass is 10.2. The highest BCUT2D eigenvalue weighted by Gasteiger charge is 2.11. The lowest BCUT2D eigenvalue weighted by molar-refractivity contribution is 0.183. The van der Waals surface area contributed by atoms with Gasteiger partial charge in [0.15, 0.2) is 5.16 Å². The molecular formula is C18H17BrN2O2S. The number of fused-ring (bicyclic) bond motifs is 1. The Balaban J connectivity index is 1.95. The van der Waals surface area contributed by atoms with Gasteiger partial charge < -0.3 is 4.74 Å². The van der Waals surface area contributed by atoms with Gasteiger partial charge in [-0.05, 0) is 29.8 Å². The lowest BCUT2D eigenvalue weighted by Crippen LogP contribution is -2.25. The first-order valence-electron chi connectivity index (χ1n) is 7.55. The highest BCUT2D eigenvalue weighted by molar-refractivity contribution is 9.10. The second kappa shape index (κ2) is 7.96. The van der Waals surface area contributed by atoms with Crippen molar-refractivity contribution >= 4 is 38.6 Å². The second-order valence-electron chi connectivity index (χ2n) is 5.28. The van der Waals surface area contributed by atoms with Crippen molar-refractivity contribution < 1.29 is 4.74 Å². The van der Waals surface area contributed by atoms with Crippen molar-refractivity contribution in [1.29, 1.82) is 0 Å². The Kier molecular flexibility index (Phi) is 5.71. The average Bonchev–Trinajstić information content (AvgIpc) is 2.61. The van der Waals surface area contributed by atoms with Crippen LogP contribution in [0.2, 0.25) is 0 Å². The molecule has 0 bridgehead atoms. The number of hydrogen-bond acceptors (Lipinski definition) is 4. The summed E-state index contributed by atoms with van der Waals surface area (Å²) in [5.41, 5.74) is 1.90. The molecule has 24 heavy (non-hydrogen) atoms. The quantitative estimate of drug-likeness (QED) is 0.458. The number of halogens is 1. The molecule has 0 aliphatic heterocycles. The number of ether oxygens (including phenoxy) is 1. The van der Waals surface area contributed by atoms with Gasteiger partial charge in [0.1, 0.15) is 0 Å². The van der Waals surface area contributed by atoms with E-state index in [2.05, 4.69) is 33.0 Å². The van der Waals surface area contributed by atoms with Gasteiger partial charge in [0.05, 0.1) is 24.1 Å². The van der Waals surface area contributed by atoms with Gasteiger partial charge in [0, 0.05) is 17.3 Å². The first kappa shape index (κ1) is 17.2. The Morgan fingerprint density at radius 1 is 1.17 bits per heavy atom. The number of para-hydroxylation sites is 1. The Bertz CT molecular complexity index is 894. The Hall–Kier alpha value is -1.63. The normalized spacial score (nSPS) is 11.1. The molecule has 4 nitrogen and oxygen atoms in total. The molecule has 3 rings (SSSR count). The van der Waals surface area contributed by atoms with Gasteiger partial charge in [-0.25, -0.2) is 4.98 Å². The van der Waals surface area contributed by atoms with Crippen LogP contribution in [0.1, 0.15) is 5.56 Å². The zero-order chi connectivity index (χ0) is 16.9. The lowest BCUT2D eigenvalue weighted by Gasteiger charge is -2.12. The predicted octanol–water partition coefficient (Wildman–Crippen LogP) is 4.10. The van der Waals surface area contributed by atoms with Crippen LogP contribution in [0, 0.1) is 0 Å². The number of aromatic nitrogens is 2. The molecule has 0 radical (unpaired) electrons. The maximum atomic E-state index is 12.8. The fourth-order valence-corrected chi connectivity index (χ4v) is 3.61. The van der Waals surface area contributed by atoms with Gasteiger partial charge in [0.25, 0.3) is 5.56 Å². The molecule has 0 aliphatic carbocycles. The van der Waals surface area contributed by atoms with E-state index in [1.54, 1.807) is 23.4 Å². The molecule has 3 aromatic rings. The summed E-state index contributed by atoms with van der Waals surface area (Å²) in [6.45, 7) is 0.974. The number of hydrogen-bond donors (Lipinski definition) is 0. The molecule has 0 spiro atoms. The van der Waals surface area contributed by atoms with E-state index in [-0.39, 0.29) is 5.56 Å². The molecule has 1 aromatic heterocycles. The molecule has 0 aliphatic rings. The van der Waals surface area contributed by atoms with Crippen molar-refractivity contribution in [2.24, 2.45) is 0 Å². The maximum absolute atomic E-state index is 12.8. The Morgan fingerprint density at radius 2 is 1.92 bits per heavy atom. The zero-order valence-corrected chi connectivity index (χ0v) is 15.6. The maximum Gasteiger partial charge on any atom is 0.262 e. The van der Waals surface area contributed by atoms with Crippen LogP contribution in [0.4, 0.5) is 0 Å². The van der Waals surface area contributed by atoms with E-state index in [0.29, 0.717) is 18.5 Å². The van der Waals surface area contributed by atoms with Crippen LogP contribution >= 0.6 is 27.7 Å². The third-order valence-corrected chi connectivity index (χ3v) is 5.20. The third-order valence-electron chi connectivity index (χ3n) is 3.63. The van der Waals surface area contributed by atoms with E-state index in [9.17, 15) is 4.79 Å². The summed E-state index contributed by atoms with van der Waals surface area (Å²) in [7, 11) is 1.63. The van der Waals surface area contributed by atoms with E-state index in [0.717, 1.165) is 20.9 Å². The molecule has 2 aromatic carbocycles. The van der Waals surface area contributed by atoms with Gasteiger partial charge in [-0.1, -0.05) is 52.0 Å². The van der Waals surface area contributed by atoms with Crippen LogP contribution in [0.15, 0.2) is 63.0 Å². The van der Waals surface area contributed by atoms with Crippen molar-refractivity contribution in [3.63, 3.8) is 0 Å². The van der Waals surface area contributed by atoms with Crippen LogP contribution in [0.5, 0.6) is 0 Å². The van der Waals surface area contributed by atoms with Crippen molar-refractivity contribution in [2.45, 2.75) is 17.5 Å². The number of rotatable bonds is 6. The van der Waals surface area contributed by atoms with E-state index in [4.69, 9.17) is 4.74 Å². The predicted molar refractivity (Wildman–Crippen MR) is 102 cm³/mol. The minimum atomic E-state index is -0.0176. The van der Waals surface area contributed by atoms with E-state index in [1.807, 2.05) is 36.4 Å². The second-order valence-corrected chi connectivity index (χ2v) is 7.13. The van der Waals surface area contributed by atoms with Crippen molar-refractivity contribution in [1.82, 2.24) is 9.55 Å². The Labute approximate surface area is 153 Å². The van der Waals surface area contributed by atoms with Crippen molar-refractivity contribution in [2.75, 3.05) is 13.7 Å². The molecular weight excluding hydrogens is 388 g/mol. The highest BCUT2D eigenvalue weighted by Crippen LogP contribution is 2.23. The largest absolute Gasteiger partial charge is 0.383 e. The molecule has 0 saturated carbocycles. The molecule has 0 unspecified atom stereocenters. The SMILES string of the molecule is COCCn1c(SCc2ccc(Br)cc2)nc2ccccc2c1=O. The summed E-state index contributed by atoms with van der Waals surface area (Å²) in [5, 5.41) is 1.36. The minimum Gasteiger partial charge on any atom is -0.383 e. The van der Waals surface area contributed by atoms with Crippen LogP contribution in [-0.2, 0) is 17.0 Å². The fourth-order valence-electron chi connectivity index (χ4n) is 2.37. The minimum absolute atomic E-state index is 0.0176. The Morgan fingerprint density at radius 3 is 2.67 bits per heavy atom. The number of methoxy groups -OCH3 is 1. The van der Waals surface area contributed by atoms with E-state index >= 15 is 0 Å². The zero-order valence-electron chi connectivity index (χ0n) is 13.2. The average molecular weight is 405 g/mol. The monoisotopic (exact) mass is 404 g/mol. The van der Waals surface area contributed by atoms with Crippen LogP contribution in [0.3, 0.4) is 0 Å². The fraction of sp³-hybridized carbons (Fsp3) is 0.222. The van der Waals surface area contributed by atoms with E-state index < -0.39 is 0 Å². The summed E-state index contributed by atoms with van der Waals surface area (Å²) in [6, 6.07) is 15.6. The third kappa shape index (κ3) is 3.88. The summed E-state index contributed by atoms with van der Waals surface area (Å²) in [4.78, 5) is 17.4. The van der Waals surface area contributed by atoms with E-state index in [1.165, 1.54) is 5.56 Å². The van der Waals surface area contributed by atoms with Gasteiger partial charge in [-0.15, -0.1) is 0 Å². The molecule has 0 amide bonds. The summed E-state index contributed by atoms with van der Waals surface area (Å²) in [5.74, 6) is 0.755. The summed E-state index contributed by atoms with van der Waals surface area (Å²) >= 11 is 5.01. The topological polar surface area (TPSA) is 44.1 Å². The molecule has 0 saturated heterocycles. The number of nitrogens with zero attached hydrogens (tertiary/aromatic N) is 2. The molecule has 6 heteroatoms. The summed E-state index contributed by atoms with van der Waals surface area (Å²) in [6.07, 6.45) is 0. The number of thioether (sulfide) groups is 1. The first-order chi connectivity index (χ1) is 11.7. The van der Waals surface area contributed by atoms with Crippen LogP contribution in [-0.4, -0.2) is 23.3 Å². The van der Waals surface area contributed by atoms with Crippen molar-refractivity contribution in [3.05, 3.63) is 68.9 Å². The molecule has 0 N–H and O–H groups in total. The molecule has 124 valence electrons. The van der Waals surface area contributed by atoms with Crippen molar-refractivity contribution in [3.8, 4) is 0 Å². The molecule has 0 fully saturated rings. The standard InChI is InChI=1S/C18H17BrN2O2S/c1-23-11-10-21-17(22)15-4-2-3-5-16(15)20-18(21)24-12-13-6-8-14(19)9-7-13/h2-9H,10-12H2,1H3. The van der Waals surface area contributed by atoms with Gasteiger partial charge in [-0.3, -0.25) is 9.36 Å². The smallest absolute Gasteiger partial charge is 0.262 e. The molecule has 1 heterocycles. The number of benzene rings is 2. The van der Waals surface area contributed by atoms with Crippen LogP contribution < -0.4 is 5.56 Å². The molecule has 0 atom stereocenters. The van der Waals surface area contributed by atoms with Crippen LogP contribution in [0.25, 0.3) is 10.9 Å². The van der Waals surface area contributed by atoms with Gasteiger partial charge in [-0.2, -0.15) is 0 Å². The van der Waals surface area contributed by atoms with Gasteiger partial charge in [0.2, 0.25) is 0 Å². The summed E-state index contributed by atoms with van der Waals surface area (Å²) < 4.78 is 7.90.